The maximum atomic E-state index is 14.2. The van der Waals surface area contributed by atoms with Crippen molar-refractivity contribution in [3.05, 3.63) is 83.4 Å². The molecule has 1 aliphatic heterocycles. The van der Waals surface area contributed by atoms with Crippen molar-refractivity contribution >= 4 is 38.5 Å². The molecule has 2 heterocycles. The van der Waals surface area contributed by atoms with Gasteiger partial charge in [0.05, 0.1) is 36.4 Å². The molecule has 200 valence electrons. The first-order valence-corrected chi connectivity index (χ1v) is 14.2. The minimum atomic E-state index is -0.601. The topological polar surface area (TPSA) is 80.8 Å². The number of hydrogen-bond acceptors (Lipinski definition) is 6. The molecule has 0 radical (unpaired) electrons. The predicted octanol–water partition coefficient (Wildman–Crippen LogP) is 6.57. The van der Waals surface area contributed by atoms with Crippen LogP contribution in [-0.4, -0.2) is 42.0 Å². The Balaban J connectivity index is 1.44. The number of nitrogens with zero attached hydrogens (tertiary/aromatic N) is 2. The second-order valence-corrected chi connectivity index (χ2v) is 11.2. The SMILES string of the molecule is COc1ccc([C@@H]2[C@@H](C(=O)Nc3nc4ccc(OC)cc4s3)c3ccccc3C(=O)N2C2CCCCC2)cc1. The summed E-state index contributed by atoms with van der Waals surface area (Å²) in [6, 6.07) is 20.6. The molecule has 1 aliphatic carbocycles. The summed E-state index contributed by atoms with van der Waals surface area (Å²) in [5, 5.41) is 3.63. The zero-order valence-corrected chi connectivity index (χ0v) is 22.9. The van der Waals surface area contributed by atoms with Gasteiger partial charge in [0, 0.05) is 11.6 Å². The lowest BCUT2D eigenvalue weighted by Crippen LogP contribution is -2.51. The van der Waals surface area contributed by atoms with Crippen LogP contribution in [0.25, 0.3) is 10.2 Å². The van der Waals surface area contributed by atoms with Gasteiger partial charge in [-0.25, -0.2) is 4.98 Å². The Morgan fingerprint density at radius 2 is 1.67 bits per heavy atom. The van der Waals surface area contributed by atoms with Gasteiger partial charge >= 0.3 is 0 Å². The van der Waals surface area contributed by atoms with Gasteiger partial charge in [-0.05, 0) is 60.4 Å². The molecule has 0 spiro atoms. The van der Waals surface area contributed by atoms with E-state index in [1.54, 1.807) is 14.2 Å². The first-order chi connectivity index (χ1) is 19.1. The number of thiazole rings is 1. The molecule has 0 unspecified atom stereocenters. The first kappa shape index (κ1) is 25.4. The van der Waals surface area contributed by atoms with E-state index in [-0.39, 0.29) is 17.9 Å². The standard InChI is InChI=1S/C31H31N3O4S/c1-37-21-14-12-19(13-15-21)28-27(29(35)33-31-32-25-17-16-22(38-2)18-26(25)39-31)23-10-6-7-11-24(23)30(36)34(28)20-8-4-3-5-9-20/h6-7,10-18,20,27-28H,3-5,8-9H2,1-2H3,(H,32,33,35)/t27-,28+/m0/s1. The van der Waals surface area contributed by atoms with Gasteiger partial charge in [-0.1, -0.05) is 60.9 Å². The largest absolute Gasteiger partial charge is 0.497 e. The van der Waals surface area contributed by atoms with Crippen molar-refractivity contribution in [2.24, 2.45) is 0 Å². The monoisotopic (exact) mass is 541 g/mol. The fraction of sp³-hybridized carbons (Fsp3) is 0.323. The summed E-state index contributed by atoms with van der Waals surface area (Å²) in [7, 11) is 3.26. The predicted molar refractivity (Wildman–Crippen MR) is 153 cm³/mol. The normalized spacial score (nSPS) is 19.5. The number of anilines is 1. The number of rotatable bonds is 6. The number of nitrogens with one attached hydrogen (secondary N) is 1. The van der Waals surface area contributed by atoms with Crippen molar-refractivity contribution in [3.8, 4) is 11.5 Å². The highest BCUT2D eigenvalue weighted by atomic mass is 32.1. The fourth-order valence-electron chi connectivity index (χ4n) is 6.02. The summed E-state index contributed by atoms with van der Waals surface area (Å²) in [4.78, 5) is 35.0. The van der Waals surface area contributed by atoms with Crippen LogP contribution in [-0.2, 0) is 4.79 Å². The number of ether oxygens (including phenoxy) is 2. The number of fused-ring (bicyclic) bond motifs is 2. The Kier molecular flexibility index (Phi) is 6.95. The van der Waals surface area contributed by atoms with Gasteiger partial charge in [0.1, 0.15) is 11.5 Å². The third-order valence-electron chi connectivity index (χ3n) is 7.91. The van der Waals surface area contributed by atoms with E-state index in [1.807, 2.05) is 71.6 Å². The van der Waals surface area contributed by atoms with Gasteiger partial charge < -0.3 is 19.7 Å². The van der Waals surface area contributed by atoms with E-state index in [9.17, 15) is 9.59 Å². The average molecular weight is 542 g/mol. The molecule has 8 heteroatoms. The van der Waals surface area contributed by atoms with Crippen molar-refractivity contribution in [1.82, 2.24) is 9.88 Å². The molecule has 0 bridgehead atoms. The van der Waals surface area contributed by atoms with Crippen molar-refractivity contribution < 1.29 is 19.1 Å². The van der Waals surface area contributed by atoms with E-state index >= 15 is 0 Å². The average Bonchev–Trinajstić information content (AvgIpc) is 3.38. The highest BCUT2D eigenvalue weighted by Crippen LogP contribution is 2.46. The number of hydrogen-bond donors (Lipinski definition) is 1. The number of aromatic nitrogens is 1. The van der Waals surface area contributed by atoms with E-state index in [0.29, 0.717) is 10.7 Å². The van der Waals surface area contributed by atoms with Gasteiger partial charge in [0.25, 0.3) is 5.91 Å². The second-order valence-electron chi connectivity index (χ2n) is 10.1. The van der Waals surface area contributed by atoms with E-state index in [1.165, 1.54) is 17.8 Å². The Hall–Kier alpha value is -3.91. The van der Waals surface area contributed by atoms with Gasteiger partial charge in [-0.15, -0.1) is 0 Å². The number of benzene rings is 3. The summed E-state index contributed by atoms with van der Waals surface area (Å²) >= 11 is 1.41. The zero-order valence-electron chi connectivity index (χ0n) is 22.1. The van der Waals surface area contributed by atoms with Crippen LogP contribution < -0.4 is 14.8 Å². The minimum absolute atomic E-state index is 0.00514. The van der Waals surface area contributed by atoms with E-state index in [2.05, 4.69) is 10.3 Å². The molecule has 7 nitrogen and oxygen atoms in total. The first-order valence-electron chi connectivity index (χ1n) is 13.4. The molecular formula is C31H31N3O4S. The molecule has 1 N–H and O–H groups in total. The number of carbonyl (C=O) groups excluding carboxylic acids is 2. The van der Waals surface area contributed by atoms with Crippen LogP contribution in [0.15, 0.2) is 66.7 Å². The van der Waals surface area contributed by atoms with Crippen LogP contribution in [0, 0.1) is 0 Å². The van der Waals surface area contributed by atoms with E-state index < -0.39 is 12.0 Å². The molecule has 4 aromatic rings. The van der Waals surface area contributed by atoms with Crippen LogP contribution in [0.3, 0.4) is 0 Å². The maximum absolute atomic E-state index is 14.2. The molecule has 0 saturated heterocycles. The van der Waals surface area contributed by atoms with Crippen molar-refractivity contribution in [3.63, 3.8) is 0 Å². The number of amides is 2. The lowest BCUT2D eigenvalue weighted by Gasteiger charge is -2.46. The molecule has 1 aromatic heterocycles. The Labute approximate surface area is 231 Å². The fourth-order valence-corrected chi connectivity index (χ4v) is 6.92. The molecular weight excluding hydrogens is 510 g/mol. The summed E-state index contributed by atoms with van der Waals surface area (Å²) in [5.41, 5.74) is 3.06. The quantitative estimate of drug-likeness (QED) is 0.299. The highest BCUT2D eigenvalue weighted by Gasteiger charge is 2.46. The second kappa shape index (κ2) is 10.7. The third kappa shape index (κ3) is 4.74. The van der Waals surface area contributed by atoms with Crippen LogP contribution in [0.1, 0.15) is 65.5 Å². The summed E-state index contributed by atoms with van der Waals surface area (Å²) < 4.78 is 11.7. The molecule has 39 heavy (non-hydrogen) atoms. The lowest BCUT2D eigenvalue weighted by molar-refractivity contribution is -0.119. The van der Waals surface area contributed by atoms with Crippen molar-refractivity contribution in [2.75, 3.05) is 19.5 Å². The molecule has 3 aromatic carbocycles. The zero-order chi connectivity index (χ0) is 26.9. The van der Waals surface area contributed by atoms with E-state index in [0.717, 1.165) is 58.5 Å². The Morgan fingerprint density at radius 3 is 2.41 bits per heavy atom. The highest BCUT2D eigenvalue weighted by molar-refractivity contribution is 7.22. The third-order valence-corrected chi connectivity index (χ3v) is 8.84. The summed E-state index contributed by atoms with van der Waals surface area (Å²) in [5.74, 6) is 0.690. The molecule has 6 rings (SSSR count). The Morgan fingerprint density at radius 1 is 0.949 bits per heavy atom. The Bertz CT molecular complexity index is 1510. The van der Waals surface area contributed by atoms with Gasteiger partial charge in [-0.2, -0.15) is 0 Å². The van der Waals surface area contributed by atoms with E-state index in [4.69, 9.17) is 9.47 Å². The van der Waals surface area contributed by atoms with Gasteiger partial charge in [0.15, 0.2) is 5.13 Å². The summed E-state index contributed by atoms with van der Waals surface area (Å²) in [6.07, 6.45) is 5.22. The van der Waals surface area contributed by atoms with Gasteiger partial charge in [-0.3, -0.25) is 9.59 Å². The van der Waals surface area contributed by atoms with Crippen LogP contribution in [0.5, 0.6) is 11.5 Å². The summed E-state index contributed by atoms with van der Waals surface area (Å²) in [6.45, 7) is 0. The molecule has 2 aliphatic rings. The van der Waals surface area contributed by atoms with Crippen molar-refractivity contribution in [2.45, 2.75) is 50.1 Å². The van der Waals surface area contributed by atoms with Crippen LogP contribution in [0.4, 0.5) is 5.13 Å². The van der Waals surface area contributed by atoms with Crippen LogP contribution >= 0.6 is 11.3 Å². The van der Waals surface area contributed by atoms with Crippen molar-refractivity contribution in [1.29, 1.82) is 0 Å². The van der Waals surface area contributed by atoms with Crippen LogP contribution in [0.2, 0.25) is 0 Å². The number of carbonyl (C=O) groups is 2. The maximum Gasteiger partial charge on any atom is 0.254 e. The minimum Gasteiger partial charge on any atom is -0.497 e. The molecule has 2 amide bonds. The molecule has 2 atom stereocenters. The van der Waals surface area contributed by atoms with Gasteiger partial charge in [0.2, 0.25) is 5.91 Å². The molecule has 1 saturated carbocycles. The number of methoxy groups -OCH3 is 2. The lowest BCUT2D eigenvalue weighted by atomic mass is 9.77. The smallest absolute Gasteiger partial charge is 0.254 e. The molecule has 1 fully saturated rings.